The normalized spacial score (nSPS) is 23.3. The van der Waals surface area contributed by atoms with E-state index in [1.54, 1.807) is 68.4 Å². The summed E-state index contributed by atoms with van der Waals surface area (Å²) in [5.74, 6) is -6.13. The van der Waals surface area contributed by atoms with Crippen LogP contribution in [0.5, 0.6) is 0 Å². The van der Waals surface area contributed by atoms with Gasteiger partial charge in [-0.05, 0) is 55.2 Å². The molecule has 3 aromatic carbocycles. The highest BCUT2D eigenvalue weighted by molar-refractivity contribution is 5.99. The molecule has 3 aromatic rings. The molecule has 0 fully saturated rings. The Bertz CT molecular complexity index is 1720. The maximum absolute atomic E-state index is 14.6. The summed E-state index contributed by atoms with van der Waals surface area (Å²) in [7, 11) is 0. The molecular formula is C37H37NO9. The second-order valence-corrected chi connectivity index (χ2v) is 11.7. The minimum Gasteiger partial charge on any atom is -0.481 e. The van der Waals surface area contributed by atoms with Crippen LogP contribution < -0.4 is 5.32 Å². The van der Waals surface area contributed by atoms with Crippen LogP contribution in [0.4, 0.5) is 5.69 Å². The van der Waals surface area contributed by atoms with Crippen LogP contribution in [0.3, 0.4) is 0 Å². The third-order valence-corrected chi connectivity index (χ3v) is 8.56. The van der Waals surface area contributed by atoms with E-state index < -0.39 is 59.1 Å². The molecule has 6 unspecified atom stereocenters. The summed E-state index contributed by atoms with van der Waals surface area (Å²) in [6, 6.07) is 21.3. The standard InChI is InChI=1S/C37H37NO9/c1-6-30(39)46-23(4)20-44-36-26-15-11-12-16-27(26)37(29-19-22(3)17-18-28(29)36,45-21-24(5)47-31(40)7-2)33(35(42)43)32(36)34(41)38-25-13-9-8-10-14-25/h6-19,23-24,32-33H,1-2,20-21H2,3-5H3,(H,38,41)(H,42,43). The van der Waals surface area contributed by atoms with Crippen molar-refractivity contribution in [1.82, 2.24) is 0 Å². The second-order valence-electron chi connectivity index (χ2n) is 11.7. The number of benzene rings is 3. The Labute approximate surface area is 273 Å². The van der Waals surface area contributed by atoms with Gasteiger partial charge in [-0.1, -0.05) is 79.4 Å². The number of fused-ring (bicyclic) bond motifs is 1. The van der Waals surface area contributed by atoms with Gasteiger partial charge in [0.2, 0.25) is 5.91 Å². The van der Waals surface area contributed by atoms with Crippen molar-refractivity contribution in [1.29, 1.82) is 0 Å². The number of nitrogens with one attached hydrogen (secondary N) is 1. The molecule has 47 heavy (non-hydrogen) atoms. The van der Waals surface area contributed by atoms with Gasteiger partial charge >= 0.3 is 17.9 Å². The molecule has 0 heterocycles. The number of carboxylic acids is 1. The smallest absolute Gasteiger partial charge is 0.330 e. The van der Waals surface area contributed by atoms with E-state index in [0.717, 1.165) is 17.7 Å². The maximum atomic E-state index is 14.6. The highest BCUT2D eigenvalue weighted by Gasteiger charge is 2.71. The Morgan fingerprint density at radius 1 is 0.766 bits per heavy atom. The molecule has 0 aromatic heterocycles. The number of amides is 1. The molecule has 0 saturated heterocycles. The van der Waals surface area contributed by atoms with Gasteiger partial charge in [0.15, 0.2) is 0 Å². The van der Waals surface area contributed by atoms with Crippen LogP contribution in [0.1, 0.15) is 41.7 Å². The van der Waals surface area contributed by atoms with E-state index in [0.29, 0.717) is 27.9 Å². The Balaban J connectivity index is 1.77. The van der Waals surface area contributed by atoms with Crippen LogP contribution in [-0.4, -0.2) is 54.3 Å². The van der Waals surface area contributed by atoms with Gasteiger partial charge in [0.25, 0.3) is 0 Å². The van der Waals surface area contributed by atoms with Crippen molar-refractivity contribution in [2.75, 3.05) is 18.5 Å². The average Bonchev–Trinajstić information content (AvgIpc) is 3.06. The first-order chi connectivity index (χ1) is 22.5. The molecule has 0 aliphatic heterocycles. The highest BCUT2D eigenvalue weighted by atomic mass is 16.6. The summed E-state index contributed by atoms with van der Waals surface area (Å²) in [6.45, 7) is 11.7. The first kappa shape index (κ1) is 33.3. The number of anilines is 1. The Morgan fingerprint density at radius 2 is 1.26 bits per heavy atom. The topological polar surface area (TPSA) is 137 Å². The summed E-state index contributed by atoms with van der Waals surface area (Å²) >= 11 is 0. The number of hydrogen-bond acceptors (Lipinski definition) is 8. The predicted molar refractivity (Wildman–Crippen MR) is 172 cm³/mol. The number of hydrogen-bond donors (Lipinski definition) is 2. The van der Waals surface area contributed by atoms with Crippen molar-refractivity contribution >= 4 is 29.5 Å². The molecule has 1 amide bonds. The summed E-state index contributed by atoms with van der Waals surface area (Å²) in [6.07, 6.45) is 0.514. The number of rotatable bonds is 13. The molecule has 2 N–H and O–H groups in total. The van der Waals surface area contributed by atoms with Gasteiger partial charge in [0.05, 0.1) is 19.1 Å². The zero-order chi connectivity index (χ0) is 33.9. The molecule has 3 aliphatic carbocycles. The number of ether oxygens (including phenoxy) is 4. The van der Waals surface area contributed by atoms with E-state index >= 15 is 0 Å². The fraction of sp³-hybridized carbons (Fsp3) is 0.297. The first-order valence-electron chi connectivity index (χ1n) is 15.2. The van der Waals surface area contributed by atoms with Crippen LogP contribution in [0.15, 0.2) is 98.1 Å². The predicted octanol–water partition coefficient (Wildman–Crippen LogP) is 5.03. The van der Waals surface area contributed by atoms with Gasteiger partial charge in [0.1, 0.15) is 29.3 Å². The molecule has 0 radical (unpaired) electrons. The molecule has 2 bridgehead atoms. The van der Waals surface area contributed by atoms with E-state index in [1.807, 2.05) is 25.1 Å². The molecule has 0 spiro atoms. The number of carbonyl (C=O) groups is 4. The van der Waals surface area contributed by atoms with Crippen molar-refractivity contribution in [3.05, 3.63) is 126 Å². The van der Waals surface area contributed by atoms with E-state index in [1.165, 1.54) is 0 Å². The zero-order valence-corrected chi connectivity index (χ0v) is 26.4. The zero-order valence-electron chi connectivity index (χ0n) is 26.4. The van der Waals surface area contributed by atoms with Crippen molar-refractivity contribution in [2.45, 2.75) is 44.2 Å². The fourth-order valence-corrected chi connectivity index (χ4v) is 6.79. The van der Waals surface area contributed by atoms with Gasteiger partial charge in [-0.15, -0.1) is 0 Å². The first-order valence-corrected chi connectivity index (χ1v) is 15.2. The van der Waals surface area contributed by atoms with Gasteiger partial charge in [-0.2, -0.15) is 0 Å². The molecule has 3 aliphatic rings. The minimum atomic E-state index is -1.71. The summed E-state index contributed by atoms with van der Waals surface area (Å²) in [4.78, 5) is 52.3. The number of carboxylic acid groups (broad SMARTS) is 1. The summed E-state index contributed by atoms with van der Waals surface area (Å²) in [5, 5.41) is 14.0. The molecule has 10 heteroatoms. The number of aryl methyl sites for hydroxylation is 1. The van der Waals surface area contributed by atoms with Gasteiger partial charge in [0, 0.05) is 17.8 Å². The molecule has 6 atom stereocenters. The largest absolute Gasteiger partial charge is 0.481 e. The summed E-state index contributed by atoms with van der Waals surface area (Å²) < 4.78 is 24.3. The Hall–Kier alpha value is -5.06. The third-order valence-electron chi connectivity index (χ3n) is 8.56. The number of aliphatic carboxylic acids is 1. The lowest BCUT2D eigenvalue weighted by atomic mass is 9.49. The maximum Gasteiger partial charge on any atom is 0.330 e. The van der Waals surface area contributed by atoms with E-state index in [-0.39, 0.29) is 13.2 Å². The third kappa shape index (κ3) is 5.86. The quantitative estimate of drug-likeness (QED) is 0.195. The molecular weight excluding hydrogens is 602 g/mol. The SMILES string of the molecule is C=CC(=O)OC(C)COC12c3ccccc3C(OCC(C)OC(=O)C=C)(c3ccc(C)cc31)C(C(=O)Nc1ccccc1)C2C(=O)O. The van der Waals surface area contributed by atoms with Crippen LogP contribution in [0.25, 0.3) is 0 Å². The van der Waals surface area contributed by atoms with Crippen LogP contribution in [0, 0.1) is 18.8 Å². The van der Waals surface area contributed by atoms with Crippen LogP contribution in [0.2, 0.25) is 0 Å². The van der Waals surface area contributed by atoms with Gasteiger partial charge < -0.3 is 29.4 Å². The number of carbonyl (C=O) groups excluding carboxylic acids is 3. The lowest BCUT2D eigenvalue weighted by molar-refractivity contribution is -0.205. The lowest BCUT2D eigenvalue weighted by Gasteiger charge is -2.60. The van der Waals surface area contributed by atoms with E-state index in [9.17, 15) is 24.3 Å². The molecule has 10 nitrogen and oxygen atoms in total. The van der Waals surface area contributed by atoms with Gasteiger partial charge in [-0.3, -0.25) is 9.59 Å². The fourth-order valence-electron chi connectivity index (χ4n) is 6.79. The lowest BCUT2D eigenvalue weighted by Crippen LogP contribution is -2.67. The Kier molecular flexibility index (Phi) is 9.46. The molecule has 0 saturated carbocycles. The second kappa shape index (κ2) is 13.4. The average molecular weight is 640 g/mol. The number of esters is 2. The van der Waals surface area contributed by atoms with Crippen LogP contribution in [-0.2, 0) is 49.3 Å². The van der Waals surface area contributed by atoms with Crippen molar-refractivity contribution in [2.24, 2.45) is 11.8 Å². The molecule has 6 rings (SSSR count). The van der Waals surface area contributed by atoms with Crippen molar-refractivity contribution in [3.63, 3.8) is 0 Å². The van der Waals surface area contributed by atoms with E-state index in [2.05, 4.69) is 18.5 Å². The van der Waals surface area contributed by atoms with E-state index in [4.69, 9.17) is 18.9 Å². The van der Waals surface area contributed by atoms with Gasteiger partial charge in [-0.25, -0.2) is 9.59 Å². The monoisotopic (exact) mass is 639 g/mol. The van der Waals surface area contributed by atoms with Crippen molar-refractivity contribution in [3.8, 4) is 0 Å². The summed E-state index contributed by atoms with van der Waals surface area (Å²) in [5.41, 5.74) is -0.0149. The Morgan fingerprint density at radius 3 is 1.77 bits per heavy atom. The van der Waals surface area contributed by atoms with Crippen molar-refractivity contribution < 1.29 is 43.2 Å². The minimum absolute atomic E-state index is 0.176. The number of para-hydroxylation sites is 1. The molecule has 244 valence electrons. The van der Waals surface area contributed by atoms with Crippen LogP contribution >= 0.6 is 0 Å². The highest BCUT2D eigenvalue weighted by Crippen LogP contribution is 2.65.